The number of thiophene rings is 1. The summed E-state index contributed by atoms with van der Waals surface area (Å²) in [6, 6.07) is 15.1. The van der Waals surface area contributed by atoms with E-state index in [2.05, 4.69) is 26.6 Å². The van der Waals surface area contributed by atoms with E-state index in [0.717, 1.165) is 15.8 Å². The molecule has 2 aromatic heterocycles. The fourth-order valence-corrected chi connectivity index (χ4v) is 4.87. The van der Waals surface area contributed by atoms with E-state index in [4.69, 9.17) is 5.11 Å². The van der Waals surface area contributed by atoms with Crippen LogP contribution in [-0.2, 0) is 11.3 Å². The summed E-state index contributed by atoms with van der Waals surface area (Å²) in [5, 5.41) is 20.1. The maximum atomic E-state index is 14.6. The normalized spacial score (nSPS) is 15.5. The van der Waals surface area contributed by atoms with Gasteiger partial charge in [-0.25, -0.2) is 9.82 Å². The van der Waals surface area contributed by atoms with Crippen LogP contribution in [0.4, 0.5) is 15.9 Å². The predicted octanol–water partition coefficient (Wildman–Crippen LogP) is 3.46. The molecule has 5 N–H and O–H groups in total. The molecule has 0 saturated heterocycles. The number of amides is 2. The number of halogens is 1. The van der Waals surface area contributed by atoms with Crippen molar-refractivity contribution in [3.05, 3.63) is 88.3 Å². The van der Waals surface area contributed by atoms with Crippen molar-refractivity contribution in [2.24, 2.45) is 0 Å². The first-order valence-electron chi connectivity index (χ1n) is 11.2. The van der Waals surface area contributed by atoms with Crippen LogP contribution in [0, 0.1) is 12.7 Å². The molecule has 0 radical (unpaired) electrons. The molecule has 0 saturated carbocycles. The number of carbonyl (C=O) groups excluding carboxylic acids is 2. The van der Waals surface area contributed by atoms with Crippen molar-refractivity contribution in [3.8, 4) is 0 Å². The van der Waals surface area contributed by atoms with Gasteiger partial charge in [-0.3, -0.25) is 19.7 Å². The Bertz CT molecular complexity index is 1460. The van der Waals surface area contributed by atoms with Crippen molar-refractivity contribution in [1.82, 2.24) is 20.6 Å². The Labute approximate surface area is 209 Å². The predicted molar refractivity (Wildman–Crippen MR) is 136 cm³/mol. The van der Waals surface area contributed by atoms with Crippen molar-refractivity contribution in [3.63, 3.8) is 0 Å². The summed E-state index contributed by atoms with van der Waals surface area (Å²) in [6.45, 7) is 2.14. The van der Waals surface area contributed by atoms with E-state index in [0.29, 0.717) is 22.8 Å². The smallest absolute Gasteiger partial charge is 0.281 e. The number of hydrogen-bond acceptors (Lipinski definition) is 7. The van der Waals surface area contributed by atoms with Gasteiger partial charge in [-0.1, -0.05) is 24.3 Å². The molecule has 2 amide bonds. The second-order valence-corrected chi connectivity index (χ2v) is 9.32. The Morgan fingerprint density at radius 1 is 1.22 bits per heavy atom. The highest BCUT2D eigenvalue weighted by atomic mass is 32.1. The van der Waals surface area contributed by atoms with Crippen LogP contribution in [0.25, 0.3) is 10.1 Å². The average molecular weight is 507 g/mol. The van der Waals surface area contributed by atoms with Gasteiger partial charge in [-0.2, -0.15) is 5.10 Å². The molecule has 0 spiro atoms. The summed E-state index contributed by atoms with van der Waals surface area (Å²) in [7, 11) is 0. The van der Waals surface area contributed by atoms with Gasteiger partial charge in [0.1, 0.15) is 11.5 Å². The molecule has 5 rings (SSSR count). The first kappa shape index (κ1) is 23.7. The van der Waals surface area contributed by atoms with Gasteiger partial charge in [-0.05, 0) is 48.2 Å². The van der Waals surface area contributed by atoms with Crippen molar-refractivity contribution in [2.75, 3.05) is 17.2 Å². The molecule has 9 nitrogen and oxygen atoms in total. The van der Waals surface area contributed by atoms with Gasteiger partial charge in [0.15, 0.2) is 5.82 Å². The third kappa shape index (κ3) is 4.85. The number of rotatable bonds is 7. The molecular formula is C25H23FN6O3S. The van der Waals surface area contributed by atoms with Crippen LogP contribution < -0.4 is 21.5 Å². The number of hydrazine groups is 1. The summed E-state index contributed by atoms with van der Waals surface area (Å²) in [5.41, 5.74) is 7.22. The van der Waals surface area contributed by atoms with Crippen molar-refractivity contribution in [1.29, 1.82) is 0 Å². The highest BCUT2D eigenvalue weighted by molar-refractivity contribution is 7.20. The topological polar surface area (TPSA) is 120 Å². The monoisotopic (exact) mass is 506 g/mol. The SMILES string of the molecule is Cc1cc(NC2=CC(c3ccc(F)c(NC(=O)c4cc5ccccc5s4)c3)NNC2=O)nn1CCO. The van der Waals surface area contributed by atoms with E-state index in [1.807, 2.05) is 31.2 Å². The molecule has 0 bridgehead atoms. The first-order chi connectivity index (χ1) is 17.4. The summed E-state index contributed by atoms with van der Waals surface area (Å²) < 4.78 is 17.2. The number of anilines is 2. The molecule has 36 heavy (non-hydrogen) atoms. The molecule has 1 unspecified atom stereocenters. The van der Waals surface area contributed by atoms with Gasteiger partial charge < -0.3 is 15.7 Å². The highest BCUT2D eigenvalue weighted by Gasteiger charge is 2.23. The number of benzene rings is 2. The minimum absolute atomic E-state index is 0.0370. The number of aromatic nitrogens is 2. The van der Waals surface area contributed by atoms with Gasteiger partial charge in [0.2, 0.25) is 0 Å². The molecule has 1 aliphatic rings. The van der Waals surface area contributed by atoms with Crippen molar-refractivity contribution >= 4 is 44.7 Å². The number of hydrogen-bond donors (Lipinski definition) is 5. The molecule has 0 aliphatic carbocycles. The van der Waals surface area contributed by atoms with E-state index in [-0.39, 0.29) is 23.9 Å². The lowest BCUT2D eigenvalue weighted by atomic mass is 10.0. The highest BCUT2D eigenvalue weighted by Crippen LogP contribution is 2.28. The Balaban J connectivity index is 1.36. The first-order valence-corrected chi connectivity index (χ1v) is 12.0. The molecule has 0 fully saturated rings. The van der Waals surface area contributed by atoms with Crippen LogP contribution in [-0.4, -0.2) is 33.3 Å². The van der Waals surface area contributed by atoms with E-state index in [9.17, 15) is 14.0 Å². The third-order valence-electron chi connectivity index (χ3n) is 5.72. The van der Waals surface area contributed by atoms with Gasteiger partial charge >= 0.3 is 0 Å². The van der Waals surface area contributed by atoms with E-state index < -0.39 is 17.8 Å². The molecular weight excluding hydrogens is 483 g/mol. The maximum Gasteiger partial charge on any atom is 0.281 e. The van der Waals surface area contributed by atoms with Gasteiger partial charge in [0.05, 0.1) is 29.8 Å². The van der Waals surface area contributed by atoms with Crippen LogP contribution in [0.5, 0.6) is 0 Å². The second-order valence-electron chi connectivity index (χ2n) is 8.24. The Morgan fingerprint density at radius 3 is 2.86 bits per heavy atom. The fraction of sp³-hybridized carbons (Fsp3) is 0.160. The van der Waals surface area contributed by atoms with Crippen LogP contribution >= 0.6 is 11.3 Å². The van der Waals surface area contributed by atoms with E-state index in [1.54, 1.807) is 29.0 Å². The summed E-state index contributed by atoms with van der Waals surface area (Å²) in [6.07, 6.45) is 1.66. The lowest BCUT2D eigenvalue weighted by Crippen LogP contribution is -2.45. The quantitative estimate of drug-likeness (QED) is 0.262. The zero-order chi connectivity index (χ0) is 25.2. The minimum Gasteiger partial charge on any atom is -0.394 e. The summed E-state index contributed by atoms with van der Waals surface area (Å²) in [5.74, 6) is -0.899. The minimum atomic E-state index is -0.569. The summed E-state index contributed by atoms with van der Waals surface area (Å²) in [4.78, 5) is 25.7. The lowest BCUT2D eigenvalue weighted by molar-refractivity contribution is -0.119. The largest absolute Gasteiger partial charge is 0.394 e. The molecule has 3 heterocycles. The number of aliphatic hydroxyl groups excluding tert-OH is 1. The Hall–Kier alpha value is -4.06. The number of aliphatic hydroxyl groups is 1. The maximum absolute atomic E-state index is 14.6. The van der Waals surface area contributed by atoms with Gasteiger partial charge in [0, 0.05) is 16.5 Å². The third-order valence-corrected chi connectivity index (χ3v) is 6.84. The number of fused-ring (bicyclic) bond motifs is 1. The number of carbonyl (C=O) groups is 2. The van der Waals surface area contributed by atoms with Crippen molar-refractivity contribution < 1.29 is 19.1 Å². The average Bonchev–Trinajstić information content (AvgIpc) is 3.45. The zero-order valence-electron chi connectivity index (χ0n) is 19.2. The Morgan fingerprint density at radius 2 is 2.06 bits per heavy atom. The van der Waals surface area contributed by atoms with Crippen LogP contribution in [0.3, 0.4) is 0 Å². The Kier molecular flexibility index (Phi) is 6.51. The number of nitrogens with zero attached hydrogens (tertiary/aromatic N) is 2. The molecule has 1 atom stereocenters. The van der Waals surface area contributed by atoms with Crippen molar-refractivity contribution in [2.45, 2.75) is 19.5 Å². The standard InChI is InChI=1S/C25H23FN6O3S/c1-14-10-23(31-32(14)8-9-33)27-20-13-18(29-30-24(20)34)15-6-7-17(26)19(11-15)28-25(35)22-12-16-4-2-3-5-21(16)36-22/h2-7,10-13,18,29,33H,8-9H2,1H3,(H,27,31)(H,28,35)(H,30,34). The number of aryl methyl sites for hydroxylation is 1. The molecule has 11 heteroatoms. The fourth-order valence-electron chi connectivity index (χ4n) is 3.91. The zero-order valence-corrected chi connectivity index (χ0v) is 20.0. The molecule has 184 valence electrons. The molecule has 2 aromatic carbocycles. The second kappa shape index (κ2) is 9.90. The van der Waals surface area contributed by atoms with E-state index in [1.165, 1.54) is 23.5 Å². The van der Waals surface area contributed by atoms with Gasteiger partial charge in [-0.15, -0.1) is 11.3 Å². The lowest BCUT2D eigenvalue weighted by Gasteiger charge is -2.24. The van der Waals surface area contributed by atoms with Crippen LogP contribution in [0.2, 0.25) is 0 Å². The molecule has 4 aromatic rings. The van der Waals surface area contributed by atoms with Gasteiger partial charge in [0.25, 0.3) is 11.8 Å². The summed E-state index contributed by atoms with van der Waals surface area (Å²) >= 11 is 1.34. The number of nitrogens with one attached hydrogen (secondary N) is 4. The van der Waals surface area contributed by atoms with E-state index >= 15 is 0 Å². The van der Waals surface area contributed by atoms with Crippen LogP contribution in [0.1, 0.15) is 27.0 Å². The van der Waals surface area contributed by atoms with Crippen LogP contribution in [0.15, 0.2) is 66.4 Å². The molecule has 1 aliphatic heterocycles.